The molecule has 0 aliphatic carbocycles. The Kier molecular flexibility index (Phi) is 3.91. The molecule has 0 bridgehead atoms. The molecule has 0 saturated carbocycles. The first-order valence-electron chi connectivity index (χ1n) is 6.75. The van der Waals surface area contributed by atoms with E-state index in [0.29, 0.717) is 17.5 Å². The molecule has 3 aromatic rings. The summed E-state index contributed by atoms with van der Waals surface area (Å²) in [6.07, 6.45) is 1.71. The van der Waals surface area contributed by atoms with Gasteiger partial charge in [-0.3, -0.25) is 4.98 Å². The summed E-state index contributed by atoms with van der Waals surface area (Å²) >= 11 is 0. The highest BCUT2D eigenvalue weighted by Crippen LogP contribution is 2.22. The standard InChI is InChI=1S/C16H14FN5/c1-18-16-21-14(13-4-2-3-9-19-13)10-15(22-16)20-12-7-5-11(17)6-8-12/h2-10H,1H3,(H2,18,20,21,22). The highest BCUT2D eigenvalue weighted by atomic mass is 19.1. The van der Waals surface area contributed by atoms with Crippen molar-refractivity contribution in [2.24, 2.45) is 0 Å². The smallest absolute Gasteiger partial charge is 0.225 e. The Hall–Kier alpha value is -3.02. The highest BCUT2D eigenvalue weighted by molar-refractivity contribution is 5.65. The minimum absolute atomic E-state index is 0.279. The molecule has 0 aliphatic rings. The summed E-state index contributed by atoms with van der Waals surface area (Å²) in [4.78, 5) is 13.0. The molecule has 2 aromatic heterocycles. The first-order valence-corrected chi connectivity index (χ1v) is 6.75. The molecule has 3 rings (SSSR count). The van der Waals surface area contributed by atoms with Crippen LogP contribution in [0.4, 0.5) is 21.8 Å². The van der Waals surface area contributed by atoms with Crippen LogP contribution in [0.5, 0.6) is 0 Å². The van der Waals surface area contributed by atoms with Crippen LogP contribution in [-0.4, -0.2) is 22.0 Å². The third kappa shape index (κ3) is 3.17. The van der Waals surface area contributed by atoms with Crippen LogP contribution in [0.1, 0.15) is 0 Å². The molecule has 0 aliphatic heterocycles. The van der Waals surface area contributed by atoms with E-state index in [4.69, 9.17) is 0 Å². The first kappa shape index (κ1) is 13.9. The SMILES string of the molecule is CNc1nc(Nc2ccc(F)cc2)cc(-c2ccccn2)n1. The van der Waals surface area contributed by atoms with Crippen molar-refractivity contribution in [3.05, 3.63) is 60.5 Å². The van der Waals surface area contributed by atoms with Crippen molar-refractivity contribution in [2.45, 2.75) is 0 Å². The molecule has 0 atom stereocenters. The molecule has 22 heavy (non-hydrogen) atoms. The summed E-state index contributed by atoms with van der Waals surface area (Å²) in [5, 5.41) is 6.05. The van der Waals surface area contributed by atoms with E-state index in [9.17, 15) is 4.39 Å². The number of halogens is 1. The number of benzene rings is 1. The van der Waals surface area contributed by atoms with Crippen molar-refractivity contribution in [2.75, 3.05) is 17.7 Å². The van der Waals surface area contributed by atoms with Gasteiger partial charge in [-0.2, -0.15) is 4.98 Å². The van der Waals surface area contributed by atoms with Crippen molar-refractivity contribution >= 4 is 17.5 Å². The van der Waals surface area contributed by atoms with Crippen LogP contribution in [-0.2, 0) is 0 Å². The third-order valence-corrected chi connectivity index (χ3v) is 2.99. The minimum Gasteiger partial charge on any atom is -0.357 e. The van der Waals surface area contributed by atoms with Crippen molar-refractivity contribution in [1.82, 2.24) is 15.0 Å². The normalized spacial score (nSPS) is 10.3. The number of nitrogens with zero attached hydrogens (tertiary/aromatic N) is 3. The second-order valence-corrected chi connectivity index (χ2v) is 4.56. The van der Waals surface area contributed by atoms with E-state index >= 15 is 0 Å². The minimum atomic E-state index is -0.279. The van der Waals surface area contributed by atoms with Crippen LogP contribution in [0.25, 0.3) is 11.4 Å². The van der Waals surface area contributed by atoms with E-state index in [-0.39, 0.29) is 5.82 Å². The van der Waals surface area contributed by atoms with Crippen molar-refractivity contribution in [1.29, 1.82) is 0 Å². The third-order valence-electron chi connectivity index (χ3n) is 2.99. The summed E-state index contributed by atoms with van der Waals surface area (Å²) < 4.78 is 13.0. The van der Waals surface area contributed by atoms with Crippen molar-refractivity contribution in [3.8, 4) is 11.4 Å². The molecule has 2 N–H and O–H groups in total. The summed E-state index contributed by atoms with van der Waals surface area (Å²) in [6.45, 7) is 0. The van der Waals surface area contributed by atoms with Crippen LogP contribution in [0.15, 0.2) is 54.7 Å². The van der Waals surface area contributed by atoms with E-state index in [2.05, 4.69) is 25.6 Å². The quantitative estimate of drug-likeness (QED) is 0.771. The van der Waals surface area contributed by atoms with Gasteiger partial charge in [0.25, 0.3) is 0 Å². The summed E-state index contributed by atoms with van der Waals surface area (Å²) in [5.41, 5.74) is 2.20. The Morgan fingerprint density at radius 1 is 0.955 bits per heavy atom. The number of hydrogen-bond donors (Lipinski definition) is 2. The van der Waals surface area contributed by atoms with Gasteiger partial charge < -0.3 is 10.6 Å². The zero-order valence-electron chi connectivity index (χ0n) is 11.9. The van der Waals surface area contributed by atoms with Gasteiger partial charge in [-0.25, -0.2) is 9.37 Å². The molecule has 0 radical (unpaired) electrons. The Morgan fingerprint density at radius 3 is 2.45 bits per heavy atom. The van der Waals surface area contributed by atoms with E-state index in [1.54, 1.807) is 31.4 Å². The highest BCUT2D eigenvalue weighted by Gasteiger charge is 2.07. The lowest BCUT2D eigenvalue weighted by Gasteiger charge is -2.09. The molecule has 0 unspecified atom stereocenters. The Balaban J connectivity index is 1.95. The lowest BCUT2D eigenvalue weighted by Crippen LogP contribution is -2.02. The maximum absolute atomic E-state index is 13.0. The fourth-order valence-electron chi connectivity index (χ4n) is 1.95. The number of aromatic nitrogens is 3. The lowest BCUT2D eigenvalue weighted by molar-refractivity contribution is 0.628. The average molecular weight is 295 g/mol. The molecule has 2 heterocycles. The van der Waals surface area contributed by atoms with Crippen molar-refractivity contribution < 1.29 is 4.39 Å². The fourth-order valence-corrected chi connectivity index (χ4v) is 1.95. The number of anilines is 3. The number of pyridine rings is 1. The van der Waals surface area contributed by atoms with Gasteiger partial charge in [0, 0.05) is 25.0 Å². The van der Waals surface area contributed by atoms with Crippen LogP contribution in [0.2, 0.25) is 0 Å². The Labute approximate surface area is 127 Å². The Morgan fingerprint density at radius 2 is 1.77 bits per heavy atom. The zero-order chi connectivity index (χ0) is 15.4. The molecular weight excluding hydrogens is 281 g/mol. The van der Waals surface area contributed by atoms with Gasteiger partial charge in [-0.15, -0.1) is 0 Å². The summed E-state index contributed by atoms with van der Waals surface area (Å²) in [7, 11) is 1.75. The van der Waals surface area contributed by atoms with Gasteiger partial charge in [-0.1, -0.05) is 6.07 Å². The Bertz CT molecular complexity index is 759. The topological polar surface area (TPSA) is 62.7 Å². The van der Waals surface area contributed by atoms with Gasteiger partial charge in [0.15, 0.2) is 0 Å². The van der Waals surface area contributed by atoms with Gasteiger partial charge in [-0.05, 0) is 36.4 Å². The molecular formula is C16H14FN5. The van der Waals surface area contributed by atoms with E-state index in [1.165, 1.54) is 12.1 Å². The monoisotopic (exact) mass is 295 g/mol. The maximum atomic E-state index is 13.0. The van der Waals surface area contributed by atoms with Crippen LogP contribution in [0, 0.1) is 5.82 Å². The molecule has 0 saturated heterocycles. The van der Waals surface area contributed by atoms with E-state index < -0.39 is 0 Å². The molecule has 0 spiro atoms. The second-order valence-electron chi connectivity index (χ2n) is 4.56. The number of rotatable bonds is 4. The fraction of sp³-hybridized carbons (Fsp3) is 0.0625. The van der Waals surface area contributed by atoms with Gasteiger partial charge in [0.2, 0.25) is 5.95 Å². The maximum Gasteiger partial charge on any atom is 0.225 e. The molecule has 0 amide bonds. The lowest BCUT2D eigenvalue weighted by atomic mass is 10.2. The summed E-state index contributed by atoms with van der Waals surface area (Å²) in [6, 6.07) is 13.5. The van der Waals surface area contributed by atoms with Gasteiger partial charge in [0.05, 0.1) is 11.4 Å². The van der Waals surface area contributed by atoms with Crippen LogP contribution >= 0.6 is 0 Å². The predicted molar refractivity (Wildman–Crippen MR) is 84.5 cm³/mol. The molecule has 5 nitrogen and oxygen atoms in total. The zero-order valence-corrected chi connectivity index (χ0v) is 11.9. The summed E-state index contributed by atoms with van der Waals surface area (Å²) in [5.74, 6) is 0.803. The van der Waals surface area contributed by atoms with Gasteiger partial charge in [0.1, 0.15) is 11.6 Å². The second kappa shape index (κ2) is 6.17. The average Bonchev–Trinajstić information content (AvgIpc) is 2.57. The number of hydrogen-bond acceptors (Lipinski definition) is 5. The van der Waals surface area contributed by atoms with Gasteiger partial charge >= 0.3 is 0 Å². The molecule has 6 heteroatoms. The van der Waals surface area contributed by atoms with Crippen LogP contribution in [0.3, 0.4) is 0 Å². The number of nitrogens with one attached hydrogen (secondary N) is 2. The molecule has 0 fully saturated rings. The van der Waals surface area contributed by atoms with Crippen molar-refractivity contribution in [3.63, 3.8) is 0 Å². The predicted octanol–water partition coefficient (Wildman–Crippen LogP) is 3.46. The van der Waals surface area contributed by atoms with E-state index in [0.717, 1.165) is 11.4 Å². The molecule has 1 aromatic carbocycles. The largest absolute Gasteiger partial charge is 0.357 e. The molecule has 110 valence electrons. The van der Waals surface area contributed by atoms with Crippen LogP contribution < -0.4 is 10.6 Å². The van der Waals surface area contributed by atoms with E-state index in [1.807, 2.05) is 18.2 Å². The first-order chi connectivity index (χ1) is 10.7.